The maximum Gasteiger partial charge on any atom is 0.410 e. The van der Waals surface area contributed by atoms with Crippen molar-refractivity contribution in [3.05, 3.63) is 0 Å². The van der Waals surface area contributed by atoms with Crippen molar-refractivity contribution in [2.75, 3.05) is 31.1 Å². The first-order chi connectivity index (χ1) is 8.42. The van der Waals surface area contributed by atoms with Gasteiger partial charge in [0.25, 0.3) is 0 Å². The standard InChI is InChI=1S/C13H26N2O2S/c1-5-18-8-6-7-14-11-9-15(10-11)12(16)17-13(2,3)4/h11,14H,5-10H2,1-4H3. The van der Waals surface area contributed by atoms with E-state index in [9.17, 15) is 4.79 Å². The highest BCUT2D eigenvalue weighted by Crippen LogP contribution is 2.15. The van der Waals surface area contributed by atoms with Crippen molar-refractivity contribution >= 4 is 17.9 Å². The molecular weight excluding hydrogens is 248 g/mol. The summed E-state index contributed by atoms with van der Waals surface area (Å²) in [4.78, 5) is 13.4. The number of carbonyl (C=O) groups excluding carboxylic acids is 1. The van der Waals surface area contributed by atoms with Gasteiger partial charge >= 0.3 is 6.09 Å². The molecule has 18 heavy (non-hydrogen) atoms. The molecule has 1 amide bonds. The summed E-state index contributed by atoms with van der Waals surface area (Å²) in [5.41, 5.74) is -0.396. The van der Waals surface area contributed by atoms with Gasteiger partial charge in [-0.3, -0.25) is 0 Å². The minimum atomic E-state index is -0.396. The highest BCUT2D eigenvalue weighted by molar-refractivity contribution is 7.99. The number of ether oxygens (including phenoxy) is 1. The summed E-state index contributed by atoms with van der Waals surface area (Å²) in [6.07, 6.45) is 1.00. The number of amides is 1. The number of nitrogens with one attached hydrogen (secondary N) is 1. The van der Waals surface area contributed by atoms with Crippen molar-refractivity contribution in [2.45, 2.75) is 45.8 Å². The van der Waals surface area contributed by atoms with Crippen LogP contribution in [0.25, 0.3) is 0 Å². The van der Waals surface area contributed by atoms with Gasteiger partial charge in [-0.25, -0.2) is 4.79 Å². The predicted octanol–water partition coefficient (Wildman–Crippen LogP) is 2.34. The molecule has 0 aromatic carbocycles. The molecule has 0 aliphatic carbocycles. The molecule has 0 unspecified atom stereocenters. The zero-order valence-corrected chi connectivity index (χ0v) is 12.8. The molecule has 0 radical (unpaired) electrons. The molecule has 0 saturated carbocycles. The Morgan fingerprint density at radius 3 is 2.67 bits per heavy atom. The molecule has 0 aromatic heterocycles. The van der Waals surface area contributed by atoms with Gasteiger partial charge in [-0.1, -0.05) is 6.92 Å². The smallest absolute Gasteiger partial charge is 0.410 e. The Hall–Kier alpha value is -0.420. The van der Waals surface area contributed by atoms with Crippen molar-refractivity contribution in [1.82, 2.24) is 10.2 Å². The van der Waals surface area contributed by atoms with Gasteiger partial charge in [0.05, 0.1) is 0 Å². The van der Waals surface area contributed by atoms with E-state index in [0.717, 1.165) is 19.6 Å². The maximum atomic E-state index is 11.7. The van der Waals surface area contributed by atoms with Crippen LogP contribution in [0, 0.1) is 0 Å². The van der Waals surface area contributed by atoms with Crippen molar-refractivity contribution in [2.24, 2.45) is 0 Å². The second kappa shape index (κ2) is 7.24. The van der Waals surface area contributed by atoms with Crippen LogP contribution in [0.1, 0.15) is 34.1 Å². The summed E-state index contributed by atoms with van der Waals surface area (Å²) >= 11 is 1.97. The van der Waals surface area contributed by atoms with Crippen LogP contribution in [0.4, 0.5) is 4.79 Å². The van der Waals surface area contributed by atoms with Gasteiger partial charge in [0, 0.05) is 19.1 Å². The molecule has 1 aliphatic heterocycles. The zero-order chi connectivity index (χ0) is 13.6. The minimum Gasteiger partial charge on any atom is -0.444 e. The fourth-order valence-electron chi connectivity index (χ4n) is 1.71. The summed E-state index contributed by atoms with van der Waals surface area (Å²) in [5.74, 6) is 2.40. The van der Waals surface area contributed by atoms with E-state index >= 15 is 0 Å². The zero-order valence-electron chi connectivity index (χ0n) is 12.0. The Labute approximate surface area is 115 Å². The molecule has 5 heteroatoms. The predicted molar refractivity (Wildman–Crippen MR) is 77.2 cm³/mol. The van der Waals surface area contributed by atoms with Crippen molar-refractivity contribution in [3.63, 3.8) is 0 Å². The molecule has 0 bridgehead atoms. The molecule has 1 saturated heterocycles. The van der Waals surface area contributed by atoms with Crippen LogP contribution in [0.2, 0.25) is 0 Å². The third-order valence-corrected chi connectivity index (χ3v) is 3.62. The molecule has 0 spiro atoms. The number of hydrogen-bond acceptors (Lipinski definition) is 4. The molecule has 1 aliphatic rings. The van der Waals surface area contributed by atoms with Crippen LogP contribution in [0.15, 0.2) is 0 Å². The molecule has 1 rings (SSSR count). The van der Waals surface area contributed by atoms with E-state index in [1.165, 1.54) is 17.9 Å². The van der Waals surface area contributed by atoms with Gasteiger partial charge in [-0.15, -0.1) is 0 Å². The molecule has 1 N–H and O–H groups in total. The first-order valence-electron chi connectivity index (χ1n) is 6.71. The van der Waals surface area contributed by atoms with Crippen LogP contribution in [0.5, 0.6) is 0 Å². The van der Waals surface area contributed by atoms with Gasteiger partial charge in [0.1, 0.15) is 5.60 Å². The first-order valence-corrected chi connectivity index (χ1v) is 7.87. The normalized spacial score (nSPS) is 16.6. The lowest BCUT2D eigenvalue weighted by Gasteiger charge is -2.40. The number of thioether (sulfide) groups is 1. The fraction of sp³-hybridized carbons (Fsp3) is 0.923. The van der Waals surface area contributed by atoms with Gasteiger partial charge in [-0.05, 0) is 45.2 Å². The second-order valence-corrected chi connectivity index (χ2v) is 6.98. The summed E-state index contributed by atoms with van der Waals surface area (Å²) in [5, 5.41) is 3.46. The number of carbonyl (C=O) groups is 1. The van der Waals surface area contributed by atoms with E-state index in [-0.39, 0.29) is 6.09 Å². The highest BCUT2D eigenvalue weighted by atomic mass is 32.2. The largest absolute Gasteiger partial charge is 0.444 e. The van der Waals surface area contributed by atoms with E-state index < -0.39 is 5.60 Å². The number of nitrogens with zero attached hydrogens (tertiary/aromatic N) is 1. The summed E-state index contributed by atoms with van der Waals surface area (Å²) < 4.78 is 5.30. The molecule has 1 fully saturated rings. The Bertz CT molecular complexity index is 260. The summed E-state index contributed by atoms with van der Waals surface area (Å²) in [7, 11) is 0. The van der Waals surface area contributed by atoms with E-state index in [2.05, 4.69) is 12.2 Å². The van der Waals surface area contributed by atoms with E-state index in [1.54, 1.807) is 4.90 Å². The quantitative estimate of drug-likeness (QED) is 0.755. The Kier molecular flexibility index (Phi) is 6.29. The highest BCUT2D eigenvalue weighted by Gasteiger charge is 2.32. The topological polar surface area (TPSA) is 41.6 Å². The molecule has 106 valence electrons. The lowest BCUT2D eigenvalue weighted by Crippen LogP contribution is -2.60. The fourth-order valence-corrected chi connectivity index (χ4v) is 2.35. The number of likely N-dealkylation sites (tertiary alicyclic amines) is 1. The molecule has 0 aromatic rings. The summed E-state index contributed by atoms with van der Waals surface area (Å²) in [6.45, 7) is 10.5. The van der Waals surface area contributed by atoms with E-state index in [4.69, 9.17) is 4.74 Å². The lowest BCUT2D eigenvalue weighted by atomic mass is 10.1. The Balaban J connectivity index is 2.04. The average molecular weight is 274 g/mol. The monoisotopic (exact) mass is 274 g/mol. The van der Waals surface area contributed by atoms with Crippen LogP contribution >= 0.6 is 11.8 Å². The first kappa shape index (κ1) is 15.6. The Morgan fingerprint density at radius 1 is 1.44 bits per heavy atom. The minimum absolute atomic E-state index is 0.193. The average Bonchev–Trinajstić information content (AvgIpc) is 2.17. The number of rotatable bonds is 6. The molecule has 4 nitrogen and oxygen atoms in total. The maximum absolute atomic E-state index is 11.7. The van der Waals surface area contributed by atoms with Crippen LogP contribution in [-0.4, -0.2) is 53.8 Å². The molecule has 0 atom stereocenters. The van der Waals surface area contributed by atoms with Crippen molar-refractivity contribution < 1.29 is 9.53 Å². The van der Waals surface area contributed by atoms with Crippen molar-refractivity contribution in [3.8, 4) is 0 Å². The van der Waals surface area contributed by atoms with E-state index in [1.807, 2.05) is 32.5 Å². The van der Waals surface area contributed by atoms with Gasteiger partial charge in [0.2, 0.25) is 0 Å². The molecule has 1 heterocycles. The SMILES string of the molecule is CCSCCCNC1CN(C(=O)OC(C)(C)C)C1. The van der Waals surface area contributed by atoms with Gasteiger partial charge < -0.3 is 15.0 Å². The van der Waals surface area contributed by atoms with E-state index in [0.29, 0.717) is 6.04 Å². The molecular formula is C13H26N2O2S. The summed E-state index contributed by atoms with van der Waals surface area (Å²) in [6, 6.07) is 0.448. The second-order valence-electron chi connectivity index (χ2n) is 5.59. The van der Waals surface area contributed by atoms with Gasteiger partial charge in [-0.2, -0.15) is 11.8 Å². The van der Waals surface area contributed by atoms with Crippen LogP contribution < -0.4 is 5.32 Å². The van der Waals surface area contributed by atoms with Crippen LogP contribution in [0.3, 0.4) is 0 Å². The van der Waals surface area contributed by atoms with Crippen molar-refractivity contribution in [1.29, 1.82) is 0 Å². The van der Waals surface area contributed by atoms with Crippen LogP contribution in [-0.2, 0) is 4.74 Å². The Morgan fingerprint density at radius 2 is 2.11 bits per heavy atom. The third-order valence-electron chi connectivity index (χ3n) is 2.64. The number of hydrogen-bond donors (Lipinski definition) is 1. The third kappa shape index (κ3) is 5.96. The van der Waals surface area contributed by atoms with Gasteiger partial charge in [0.15, 0.2) is 0 Å². The lowest BCUT2D eigenvalue weighted by molar-refractivity contribution is 0.00541.